The Hall–Kier alpha value is -0.940. The van der Waals surface area contributed by atoms with Gasteiger partial charge in [-0.3, -0.25) is 9.69 Å². The minimum atomic E-state index is -0.0610. The molecule has 2 rings (SSSR count). The van der Waals surface area contributed by atoms with Gasteiger partial charge >= 0.3 is 5.97 Å². The quantitative estimate of drug-likeness (QED) is 0.772. The standard InChI is InChI=1S/C12H18N2O2S/c1-9-13-11(8-17-9)7-14-5-3-10(4-6-14)12(15)16-2/h8,10H,3-7H2,1-2H3. The molecule has 2 heterocycles. The Balaban J connectivity index is 1.81. The summed E-state index contributed by atoms with van der Waals surface area (Å²) in [4.78, 5) is 18.2. The van der Waals surface area contributed by atoms with E-state index in [-0.39, 0.29) is 11.9 Å². The van der Waals surface area contributed by atoms with Crippen LogP contribution in [0.1, 0.15) is 23.5 Å². The van der Waals surface area contributed by atoms with Gasteiger partial charge in [0.1, 0.15) is 0 Å². The number of hydrogen-bond acceptors (Lipinski definition) is 5. The van der Waals surface area contributed by atoms with E-state index < -0.39 is 0 Å². The second kappa shape index (κ2) is 5.60. The Morgan fingerprint density at radius 1 is 1.59 bits per heavy atom. The van der Waals surface area contributed by atoms with Gasteiger partial charge in [0, 0.05) is 11.9 Å². The summed E-state index contributed by atoms with van der Waals surface area (Å²) in [6.07, 6.45) is 1.80. The predicted molar refractivity (Wildman–Crippen MR) is 66.9 cm³/mol. The average Bonchev–Trinajstić information content (AvgIpc) is 2.75. The van der Waals surface area contributed by atoms with Crippen molar-refractivity contribution in [3.05, 3.63) is 16.1 Å². The Kier molecular flexibility index (Phi) is 4.12. The van der Waals surface area contributed by atoms with Crippen LogP contribution in [0.5, 0.6) is 0 Å². The molecule has 1 aliphatic rings. The first-order valence-electron chi connectivity index (χ1n) is 5.90. The average molecular weight is 254 g/mol. The molecule has 1 fully saturated rings. The number of hydrogen-bond donors (Lipinski definition) is 0. The number of ether oxygens (including phenoxy) is 1. The normalized spacial score (nSPS) is 18.2. The number of nitrogens with zero attached hydrogens (tertiary/aromatic N) is 2. The largest absolute Gasteiger partial charge is 0.469 e. The second-order valence-corrected chi connectivity index (χ2v) is 5.49. The Bertz CT molecular complexity index is 384. The Morgan fingerprint density at radius 3 is 2.82 bits per heavy atom. The van der Waals surface area contributed by atoms with Crippen LogP contribution in [0.4, 0.5) is 0 Å². The molecule has 5 heteroatoms. The third-order valence-corrected chi connectivity index (χ3v) is 4.00. The molecule has 1 aromatic rings. The molecule has 0 bridgehead atoms. The zero-order chi connectivity index (χ0) is 12.3. The lowest BCUT2D eigenvalue weighted by atomic mass is 9.97. The topological polar surface area (TPSA) is 42.4 Å². The van der Waals surface area contributed by atoms with Gasteiger partial charge in [0.2, 0.25) is 0 Å². The van der Waals surface area contributed by atoms with Crippen LogP contribution in [0.15, 0.2) is 5.38 Å². The zero-order valence-electron chi connectivity index (χ0n) is 10.3. The van der Waals surface area contributed by atoms with Gasteiger partial charge in [-0.25, -0.2) is 4.98 Å². The van der Waals surface area contributed by atoms with Crippen molar-refractivity contribution in [1.82, 2.24) is 9.88 Å². The highest BCUT2D eigenvalue weighted by atomic mass is 32.1. The van der Waals surface area contributed by atoms with E-state index >= 15 is 0 Å². The first-order chi connectivity index (χ1) is 8.19. The van der Waals surface area contributed by atoms with Gasteiger partial charge in [0.05, 0.1) is 23.7 Å². The molecule has 0 radical (unpaired) electrons. The third-order valence-electron chi connectivity index (χ3n) is 3.17. The van der Waals surface area contributed by atoms with Crippen LogP contribution in [0, 0.1) is 12.8 Å². The predicted octanol–water partition coefficient (Wildman–Crippen LogP) is 1.84. The van der Waals surface area contributed by atoms with Crippen molar-refractivity contribution in [2.45, 2.75) is 26.3 Å². The number of aromatic nitrogens is 1. The molecule has 17 heavy (non-hydrogen) atoms. The number of piperidine rings is 1. The van der Waals surface area contributed by atoms with E-state index in [2.05, 4.69) is 15.3 Å². The Labute approximate surface area is 106 Å². The van der Waals surface area contributed by atoms with Crippen LogP contribution in [0.3, 0.4) is 0 Å². The highest BCUT2D eigenvalue weighted by molar-refractivity contribution is 7.09. The van der Waals surface area contributed by atoms with Crippen molar-refractivity contribution in [3.63, 3.8) is 0 Å². The summed E-state index contributed by atoms with van der Waals surface area (Å²) in [6, 6.07) is 0. The van der Waals surface area contributed by atoms with Crippen molar-refractivity contribution in [2.24, 2.45) is 5.92 Å². The summed E-state index contributed by atoms with van der Waals surface area (Å²) in [7, 11) is 1.47. The molecule has 0 saturated carbocycles. The molecule has 0 aliphatic carbocycles. The van der Waals surface area contributed by atoms with Crippen molar-refractivity contribution < 1.29 is 9.53 Å². The molecule has 0 amide bonds. The first-order valence-corrected chi connectivity index (χ1v) is 6.78. The number of esters is 1. The van der Waals surface area contributed by atoms with E-state index in [0.29, 0.717) is 0 Å². The monoisotopic (exact) mass is 254 g/mol. The molecule has 1 aromatic heterocycles. The lowest BCUT2D eigenvalue weighted by Crippen LogP contribution is -2.36. The minimum Gasteiger partial charge on any atom is -0.469 e. The summed E-state index contributed by atoms with van der Waals surface area (Å²) in [5.74, 6) is 0.0302. The van der Waals surface area contributed by atoms with Gasteiger partial charge in [-0.2, -0.15) is 0 Å². The maximum atomic E-state index is 11.4. The smallest absolute Gasteiger partial charge is 0.308 e. The molecule has 0 N–H and O–H groups in total. The number of rotatable bonds is 3. The number of carbonyl (C=O) groups is 1. The lowest BCUT2D eigenvalue weighted by Gasteiger charge is -2.29. The minimum absolute atomic E-state index is 0.0610. The van der Waals surface area contributed by atoms with Gasteiger partial charge in [0.15, 0.2) is 0 Å². The Morgan fingerprint density at radius 2 is 2.29 bits per heavy atom. The number of thiazole rings is 1. The fourth-order valence-electron chi connectivity index (χ4n) is 2.20. The molecule has 94 valence electrons. The molecule has 1 aliphatic heterocycles. The van der Waals surface area contributed by atoms with Crippen LogP contribution in [0.25, 0.3) is 0 Å². The summed E-state index contributed by atoms with van der Waals surface area (Å²) in [6.45, 7) is 4.84. The van der Waals surface area contributed by atoms with Crippen LogP contribution in [0.2, 0.25) is 0 Å². The van der Waals surface area contributed by atoms with E-state index in [4.69, 9.17) is 4.74 Å². The van der Waals surface area contributed by atoms with E-state index in [0.717, 1.165) is 43.2 Å². The fraction of sp³-hybridized carbons (Fsp3) is 0.667. The van der Waals surface area contributed by atoms with Crippen molar-refractivity contribution >= 4 is 17.3 Å². The number of likely N-dealkylation sites (tertiary alicyclic amines) is 1. The van der Waals surface area contributed by atoms with Crippen LogP contribution in [-0.2, 0) is 16.1 Å². The number of methoxy groups -OCH3 is 1. The van der Waals surface area contributed by atoms with Gasteiger partial charge in [-0.05, 0) is 32.9 Å². The van der Waals surface area contributed by atoms with E-state index in [1.165, 1.54) is 7.11 Å². The highest BCUT2D eigenvalue weighted by Crippen LogP contribution is 2.20. The summed E-state index contributed by atoms with van der Waals surface area (Å²) >= 11 is 1.69. The van der Waals surface area contributed by atoms with Crippen molar-refractivity contribution in [1.29, 1.82) is 0 Å². The van der Waals surface area contributed by atoms with Crippen LogP contribution >= 0.6 is 11.3 Å². The van der Waals surface area contributed by atoms with Crippen LogP contribution in [-0.4, -0.2) is 36.1 Å². The fourth-order valence-corrected chi connectivity index (χ4v) is 2.81. The maximum absolute atomic E-state index is 11.4. The van der Waals surface area contributed by atoms with Crippen molar-refractivity contribution in [3.8, 4) is 0 Å². The number of carbonyl (C=O) groups excluding carboxylic acids is 1. The summed E-state index contributed by atoms with van der Waals surface area (Å²) in [5.41, 5.74) is 1.14. The lowest BCUT2D eigenvalue weighted by molar-refractivity contribution is -0.147. The molecular formula is C12H18N2O2S. The molecular weight excluding hydrogens is 236 g/mol. The molecule has 1 saturated heterocycles. The maximum Gasteiger partial charge on any atom is 0.308 e. The van der Waals surface area contributed by atoms with Gasteiger partial charge in [-0.1, -0.05) is 0 Å². The SMILES string of the molecule is COC(=O)C1CCN(Cc2csc(C)n2)CC1. The van der Waals surface area contributed by atoms with E-state index in [1.807, 2.05) is 6.92 Å². The zero-order valence-corrected chi connectivity index (χ0v) is 11.1. The molecule has 0 spiro atoms. The third kappa shape index (κ3) is 3.26. The second-order valence-electron chi connectivity index (χ2n) is 4.43. The van der Waals surface area contributed by atoms with Crippen molar-refractivity contribution in [2.75, 3.05) is 20.2 Å². The molecule has 0 unspecified atom stereocenters. The van der Waals surface area contributed by atoms with E-state index in [1.54, 1.807) is 11.3 Å². The summed E-state index contributed by atoms with van der Waals surface area (Å²) < 4.78 is 4.78. The van der Waals surface area contributed by atoms with Gasteiger partial charge in [-0.15, -0.1) is 11.3 Å². The molecule has 4 nitrogen and oxygen atoms in total. The summed E-state index contributed by atoms with van der Waals surface area (Å²) in [5, 5.41) is 3.23. The number of aryl methyl sites for hydroxylation is 1. The molecule has 0 aromatic carbocycles. The van der Waals surface area contributed by atoms with Gasteiger partial charge < -0.3 is 4.74 Å². The van der Waals surface area contributed by atoms with Crippen LogP contribution < -0.4 is 0 Å². The van der Waals surface area contributed by atoms with E-state index in [9.17, 15) is 4.79 Å². The first kappa shape index (κ1) is 12.5. The highest BCUT2D eigenvalue weighted by Gasteiger charge is 2.25. The molecule has 0 atom stereocenters. The van der Waals surface area contributed by atoms with Gasteiger partial charge in [0.25, 0.3) is 0 Å².